The summed E-state index contributed by atoms with van der Waals surface area (Å²) < 4.78 is 10.5. The Labute approximate surface area is 403 Å². The van der Waals surface area contributed by atoms with E-state index in [0.29, 0.717) is 25.2 Å². The Morgan fingerprint density at radius 1 is 0.746 bits per heavy atom. The zero-order valence-corrected chi connectivity index (χ0v) is 41.0. The molecular formula is C52H65N5O8S2. The van der Waals surface area contributed by atoms with E-state index >= 15 is 4.79 Å². The van der Waals surface area contributed by atoms with Gasteiger partial charge in [-0.15, -0.1) is 11.8 Å². The molecule has 13 nitrogen and oxygen atoms in total. The number of ether oxygens (including phenoxy) is 2. The molecule has 4 aromatic carbocycles. The first-order valence-corrected chi connectivity index (χ1v) is 25.4. The van der Waals surface area contributed by atoms with Crippen LogP contribution in [0.15, 0.2) is 115 Å². The van der Waals surface area contributed by atoms with E-state index in [2.05, 4.69) is 57.8 Å². The maximum atomic E-state index is 15.1. The first-order valence-electron chi connectivity index (χ1n) is 23.0. The van der Waals surface area contributed by atoms with Gasteiger partial charge in [-0.25, -0.2) is 15.1 Å². The van der Waals surface area contributed by atoms with Gasteiger partial charge in [-0.3, -0.25) is 19.2 Å². The summed E-state index contributed by atoms with van der Waals surface area (Å²) in [5.74, 6) is -1.89. The molecule has 5 atom stereocenters. The fourth-order valence-electron chi connectivity index (χ4n) is 8.32. The van der Waals surface area contributed by atoms with Crippen molar-refractivity contribution >= 4 is 53.2 Å². The summed E-state index contributed by atoms with van der Waals surface area (Å²) in [6.07, 6.45) is 3.54. The van der Waals surface area contributed by atoms with Gasteiger partial charge >= 0.3 is 6.09 Å². The van der Waals surface area contributed by atoms with E-state index in [-0.39, 0.29) is 18.7 Å². The molecule has 67 heavy (non-hydrogen) atoms. The Kier molecular flexibility index (Phi) is 18.4. The third kappa shape index (κ3) is 13.6. The Balaban J connectivity index is 1.29. The maximum absolute atomic E-state index is 15.1. The number of amides is 5. The molecule has 2 heterocycles. The number of hydroxylamine groups is 1. The van der Waals surface area contributed by atoms with Crippen LogP contribution in [0, 0.1) is 5.92 Å². The van der Waals surface area contributed by atoms with Gasteiger partial charge in [-0.05, 0) is 85.8 Å². The molecule has 1 fully saturated rings. The SMILES string of the molecule is CSCC[C@@H](NC(=O)C1Cc2ccccc2CN1C(=O)[C@@H](NC(=O)[C@H](CSC(c1ccccc1)(c1ccccc1)c1ccccc1)NC(=O)OC(C)(C)C)C(C)C)C(=O)NOC1CCCCO1. The maximum Gasteiger partial charge on any atom is 0.408 e. The zero-order chi connectivity index (χ0) is 48.0. The van der Waals surface area contributed by atoms with Gasteiger partial charge in [0.2, 0.25) is 17.7 Å². The summed E-state index contributed by atoms with van der Waals surface area (Å²) in [5, 5.41) is 8.79. The number of nitrogens with zero attached hydrogens (tertiary/aromatic N) is 1. The molecule has 0 radical (unpaired) electrons. The standard InChI is InChI=1S/C52H65N5O8S2/c1-35(2)45(49(61)57-33-37-21-17-16-20-36(37)32-43(57)48(60)53-41(29-31-66-6)47(59)56-65-44-28-18-19-30-63-44)55-46(58)42(54-50(62)64-51(3,4)5)34-67-52(38-22-10-7-11-23-38,39-24-12-8-13-25-39)40-26-14-9-15-27-40/h7-17,20-27,35,41-45H,18-19,28-34H2,1-6H3,(H,53,60)(H,54,62)(H,55,58)(H,56,59)/t41-,42+,43?,44?,45+/m1/s1. The van der Waals surface area contributed by atoms with Crippen molar-refractivity contribution in [3.63, 3.8) is 0 Å². The van der Waals surface area contributed by atoms with Crippen LogP contribution < -0.4 is 21.4 Å². The molecule has 4 aromatic rings. The number of rotatable bonds is 19. The summed E-state index contributed by atoms with van der Waals surface area (Å²) >= 11 is 3.03. The summed E-state index contributed by atoms with van der Waals surface area (Å²) in [4.78, 5) is 78.6. The molecule has 0 bridgehead atoms. The lowest BCUT2D eigenvalue weighted by atomic mass is 9.84. The molecule has 2 aliphatic rings. The van der Waals surface area contributed by atoms with Gasteiger partial charge in [-0.2, -0.15) is 11.8 Å². The number of nitrogens with one attached hydrogen (secondary N) is 4. The summed E-state index contributed by atoms with van der Waals surface area (Å²) in [6.45, 7) is 9.52. The molecule has 358 valence electrons. The van der Waals surface area contributed by atoms with Crippen molar-refractivity contribution in [1.29, 1.82) is 0 Å². The average Bonchev–Trinajstić information content (AvgIpc) is 3.33. The minimum absolute atomic E-state index is 0.0704. The lowest BCUT2D eigenvalue weighted by Crippen LogP contribution is -2.62. The van der Waals surface area contributed by atoms with E-state index in [1.165, 1.54) is 28.4 Å². The van der Waals surface area contributed by atoms with Crippen LogP contribution in [0.4, 0.5) is 4.79 Å². The number of fused-ring (bicyclic) bond motifs is 1. The molecule has 0 saturated carbocycles. The number of benzene rings is 4. The van der Waals surface area contributed by atoms with Crippen LogP contribution in [0.5, 0.6) is 0 Å². The summed E-state index contributed by atoms with van der Waals surface area (Å²) in [6, 6.07) is 33.4. The van der Waals surface area contributed by atoms with E-state index in [1.54, 1.807) is 20.8 Å². The highest BCUT2D eigenvalue weighted by atomic mass is 32.2. The number of alkyl carbamates (subject to hydrolysis) is 1. The number of thioether (sulfide) groups is 2. The summed E-state index contributed by atoms with van der Waals surface area (Å²) in [7, 11) is 0. The third-order valence-corrected chi connectivity index (χ3v) is 14.0. The molecular weight excluding hydrogens is 887 g/mol. The van der Waals surface area contributed by atoms with Crippen molar-refractivity contribution < 1.29 is 38.3 Å². The fraction of sp³-hybridized carbons (Fsp3) is 0.442. The molecule has 15 heteroatoms. The fourth-order valence-corrected chi connectivity index (χ4v) is 10.3. The molecule has 2 unspecified atom stereocenters. The first kappa shape index (κ1) is 51.0. The van der Waals surface area contributed by atoms with Crippen molar-refractivity contribution in [2.24, 2.45) is 5.92 Å². The molecule has 6 rings (SSSR count). The zero-order valence-electron chi connectivity index (χ0n) is 39.3. The van der Waals surface area contributed by atoms with Crippen molar-refractivity contribution in [2.45, 2.75) is 114 Å². The van der Waals surface area contributed by atoms with Crippen LogP contribution in [0.2, 0.25) is 0 Å². The molecule has 0 spiro atoms. The minimum Gasteiger partial charge on any atom is -0.444 e. The number of carbonyl (C=O) groups excluding carboxylic acids is 5. The predicted molar refractivity (Wildman–Crippen MR) is 264 cm³/mol. The van der Waals surface area contributed by atoms with Crippen molar-refractivity contribution in [1.82, 2.24) is 26.3 Å². The van der Waals surface area contributed by atoms with Gasteiger partial charge in [0.05, 0.1) is 4.75 Å². The second-order valence-electron chi connectivity index (χ2n) is 18.2. The van der Waals surface area contributed by atoms with E-state index in [0.717, 1.165) is 40.7 Å². The highest BCUT2D eigenvalue weighted by molar-refractivity contribution is 8.00. The van der Waals surface area contributed by atoms with E-state index < -0.39 is 76.4 Å². The summed E-state index contributed by atoms with van der Waals surface area (Å²) in [5.41, 5.74) is 6.32. The first-order chi connectivity index (χ1) is 32.2. The van der Waals surface area contributed by atoms with Crippen LogP contribution in [-0.2, 0) is 51.2 Å². The van der Waals surface area contributed by atoms with Crippen LogP contribution in [-0.4, -0.2) is 95.0 Å². The van der Waals surface area contributed by atoms with Crippen molar-refractivity contribution in [2.75, 3.05) is 24.4 Å². The van der Waals surface area contributed by atoms with Crippen LogP contribution in [0.1, 0.15) is 88.1 Å². The van der Waals surface area contributed by atoms with E-state index in [4.69, 9.17) is 14.3 Å². The van der Waals surface area contributed by atoms with Crippen molar-refractivity contribution in [3.8, 4) is 0 Å². The van der Waals surface area contributed by atoms with Gasteiger partial charge < -0.3 is 30.3 Å². The number of hydrogen-bond donors (Lipinski definition) is 4. The molecule has 2 aliphatic heterocycles. The Morgan fingerprint density at radius 3 is 1.87 bits per heavy atom. The predicted octanol–water partition coefficient (Wildman–Crippen LogP) is 7.51. The van der Waals surface area contributed by atoms with Crippen LogP contribution in [0.3, 0.4) is 0 Å². The second-order valence-corrected chi connectivity index (χ2v) is 20.4. The van der Waals surface area contributed by atoms with E-state index in [1.807, 2.05) is 99.0 Å². The smallest absolute Gasteiger partial charge is 0.408 e. The largest absolute Gasteiger partial charge is 0.444 e. The number of hydrogen-bond acceptors (Lipinski definition) is 10. The van der Waals surface area contributed by atoms with Gasteiger partial charge in [0.25, 0.3) is 5.91 Å². The van der Waals surface area contributed by atoms with Gasteiger partial charge in [0.15, 0.2) is 6.29 Å². The minimum atomic E-state index is -1.18. The molecule has 0 aliphatic carbocycles. The van der Waals surface area contributed by atoms with Gasteiger partial charge in [0, 0.05) is 31.7 Å². The lowest BCUT2D eigenvalue weighted by Gasteiger charge is -2.39. The van der Waals surface area contributed by atoms with Crippen LogP contribution in [0.25, 0.3) is 0 Å². The van der Waals surface area contributed by atoms with Crippen LogP contribution >= 0.6 is 23.5 Å². The third-order valence-electron chi connectivity index (χ3n) is 11.8. The Bertz CT molecular complexity index is 2160. The molecule has 5 amide bonds. The second kappa shape index (κ2) is 24.1. The normalized spacial score (nSPS) is 17.6. The van der Waals surface area contributed by atoms with Crippen molar-refractivity contribution in [3.05, 3.63) is 143 Å². The highest BCUT2D eigenvalue weighted by Gasteiger charge is 2.43. The highest BCUT2D eigenvalue weighted by Crippen LogP contribution is 2.48. The average molecular weight is 952 g/mol. The lowest BCUT2D eigenvalue weighted by molar-refractivity contribution is -0.201. The topological polar surface area (TPSA) is 164 Å². The molecule has 4 N–H and O–H groups in total. The van der Waals surface area contributed by atoms with Gasteiger partial charge in [0.1, 0.15) is 29.8 Å². The number of carbonyl (C=O) groups is 5. The van der Waals surface area contributed by atoms with E-state index in [9.17, 15) is 19.2 Å². The molecule has 0 aromatic heterocycles. The monoisotopic (exact) mass is 951 g/mol. The Hall–Kier alpha value is -5.35. The molecule has 1 saturated heterocycles. The Morgan fingerprint density at radius 2 is 1.33 bits per heavy atom. The van der Waals surface area contributed by atoms with Gasteiger partial charge in [-0.1, -0.05) is 129 Å². The quantitative estimate of drug-likeness (QED) is 0.0547.